The Balaban J connectivity index is -0.000000605. The molecule has 1 unspecified atom stereocenters. The molecule has 0 radical (unpaired) electrons. The zero-order valence-corrected chi connectivity index (χ0v) is 9.97. The Bertz CT molecular complexity index is 297. The molecule has 1 atom stereocenters. The van der Waals surface area contributed by atoms with Gasteiger partial charge in [0.15, 0.2) is 0 Å². The number of carbonyl (C=O) groups excluding carboxylic acids is 2. The molecule has 0 aliphatic rings. The Morgan fingerprint density at radius 2 is 1.57 bits per heavy atom. The summed E-state index contributed by atoms with van der Waals surface area (Å²) in [7, 11) is -4.94. The van der Waals surface area contributed by atoms with Crippen LogP contribution in [0, 0.1) is 0 Å². The van der Waals surface area contributed by atoms with Gasteiger partial charge in [-0.25, -0.2) is 0 Å². The topological polar surface area (TPSA) is 135 Å². The minimum atomic E-state index is -4.94. The SMILES string of the molecule is O=C([O-])CC(C(=O)[O-])S(=O)(=O)O.[Ag+].[Ag+]. The molecule has 1 N–H and O–H groups in total. The Morgan fingerprint density at radius 3 is 1.64 bits per heavy atom. The maximum Gasteiger partial charge on any atom is 1.00 e. The molecule has 0 aliphatic heterocycles. The van der Waals surface area contributed by atoms with Crippen LogP contribution >= 0.6 is 0 Å². The van der Waals surface area contributed by atoms with Gasteiger partial charge in [-0.15, -0.1) is 0 Å². The van der Waals surface area contributed by atoms with Crippen molar-refractivity contribution in [2.24, 2.45) is 0 Å². The molecule has 0 fully saturated rings. The summed E-state index contributed by atoms with van der Waals surface area (Å²) in [5, 5.41) is 17.3. The van der Waals surface area contributed by atoms with Gasteiger partial charge in [-0.2, -0.15) is 8.42 Å². The molecule has 90 valence electrons. The smallest absolute Gasteiger partial charge is 0.550 e. The summed E-state index contributed by atoms with van der Waals surface area (Å²) in [5.74, 6) is -4.08. The molecule has 14 heavy (non-hydrogen) atoms. The summed E-state index contributed by atoms with van der Waals surface area (Å²) in [6.07, 6.45) is -1.33. The second-order valence-electron chi connectivity index (χ2n) is 1.90. The molecule has 10 heteroatoms. The first-order valence-electron chi connectivity index (χ1n) is 2.62. The summed E-state index contributed by atoms with van der Waals surface area (Å²) >= 11 is 0. The van der Waals surface area contributed by atoms with Crippen molar-refractivity contribution in [3.8, 4) is 0 Å². The maximum absolute atomic E-state index is 10.2. The molecule has 0 heterocycles. The van der Waals surface area contributed by atoms with Crippen molar-refractivity contribution in [3.63, 3.8) is 0 Å². The Labute approximate surface area is 111 Å². The maximum atomic E-state index is 10.2. The molecular formula is C4H4Ag2O7S. The van der Waals surface area contributed by atoms with E-state index in [4.69, 9.17) is 4.55 Å². The summed E-state index contributed by atoms with van der Waals surface area (Å²) in [4.78, 5) is 19.7. The van der Waals surface area contributed by atoms with Gasteiger partial charge >= 0.3 is 44.8 Å². The van der Waals surface area contributed by atoms with Crippen LogP contribution in [0.4, 0.5) is 0 Å². The summed E-state index contributed by atoms with van der Waals surface area (Å²) in [6, 6.07) is 0. The third kappa shape index (κ3) is 7.71. The standard InChI is InChI=1S/C4H6O7S.2Ag/c5-3(6)1-2(4(7)8)12(9,10)11;;/h2H,1H2,(H,5,6)(H,7,8)(H,9,10,11);;/q;2*+1/p-2. The van der Waals surface area contributed by atoms with Gasteiger partial charge in [-0.1, -0.05) is 0 Å². The van der Waals surface area contributed by atoms with Crippen LogP contribution < -0.4 is 10.2 Å². The van der Waals surface area contributed by atoms with Crippen LogP contribution in [0.5, 0.6) is 0 Å². The molecule has 0 aromatic rings. The van der Waals surface area contributed by atoms with Crippen molar-refractivity contribution in [1.29, 1.82) is 0 Å². The van der Waals surface area contributed by atoms with Gasteiger partial charge in [0.05, 0.1) is 5.97 Å². The van der Waals surface area contributed by atoms with Gasteiger partial charge in [0.2, 0.25) is 0 Å². The van der Waals surface area contributed by atoms with Gasteiger partial charge in [-0.3, -0.25) is 4.55 Å². The van der Waals surface area contributed by atoms with Crippen molar-refractivity contribution in [2.45, 2.75) is 11.7 Å². The van der Waals surface area contributed by atoms with Crippen molar-refractivity contribution in [2.75, 3.05) is 0 Å². The minimum absolute atomic E-state index is 0. The first-order valence-corrected chi connectivity index (χ1v) is 4.12. The minimum Gasteiger partial charge on any atom is -0.550 e. The molecule has 0 amide bonds. The van der Waals surface area contributed by atoms with E-state index < -0.39 is 33.7 Å². The normalized spacial score (nSPS) is 11.8. The molecule has 0 saturated carbocycles. The Hall–Kier alpha value is 0.331. The van der Waals surface area contributed by atoms with Gasteiger partial charge in [-0.05, 0) is 0 Å². The molecule has 0 aliphatic carbocycles. The van der Waals surface area contributed by atoms with E-state index in [0.717, 1.165) is 0 Å². The van der Waals surface area contributed by atoms with Gasteiger partial charge < -0.3 is 19.8 Å². The molecule has 0 rings (SSSR count). The van der Waals surface area contributed by atoms with Crippen LogP contribution in [0.3, 0.4) is 0 Å². The Morgan fingerprint density at radius 1 is 1.21 bits per heavy atom. The second-order valence-corrected chi connectivity index (χ2v) is 3.50. The molecule has 0 spiro atoms. The number of carboxylic acids is 2. The van der Waals surface area contributed by atoms with Gasteiger partial charge in [0, 0.05) is 12.4 Å². The van der Waals surface area contributed by atoms with Gasteiger partial charge in [0.1, 0.15) is 5.25 Å². The third-order valence-corrected chi connectivity index (χ3v) is 2.05. The van der Waals surface area contributed by atoms with E-state index in [-0.39, 0.29) is 44.8 Å². The number of carboxylic acid groups (broad SMARTS) is 2. The molecular weight excluding hydrogens is 408 g/mol. The fraction of sp³-hybridized carbons (Fsp3) is 0.500. The zero-order valence-electron chi connectivity index (χ0n) is 6.19. The van der Waals surface area contributed by atoms with E-state index in [1.807, 2.05) is 0 Å². The fourth-order valence-electron chi connectivity index (χ4n) is 0.462. The number of hydrogen-bond donors (Lipinski definition) is 1. The molecule has 7 nitrogen and oxygen atoms in total. The van der Waals surface area contributed by atoms with Crippen LogP contribution in [0.15, 0.2) is 0 Å². The van der Waals surface area contributed by atoms with E-state index in [9.17, 15) is 28.2 Å². The van der Waals surface area contributed by atoms with Crippen LogP contribution in [-0.2, 0) is 64.5 Å². The summed E-state index contributed by atoms with van der Waals surface area (Å²) in [5.41, 5.74) is 0. The first kappa shape index (κ1) is 19.8. The average molecular weight is 412 g/mol. The number of hydrogen-bond acceptors (Lipinski definition) is 6. The third-order valence-electron chi connectivity index (χ3n) is 0.975. The predicted octanol–water partition coefficient (Wildman–Crippen LogP) is -3.87. The monoisotopic (exact) mass is 410 g/mol. The quantitative estimate of drug-likeness (QED) is 0.369. The van der Waals surface area contributed by atoms with E-state index in [2.05, 4.69) is 0 Å². The van der Waals surface area contributed by atoms with Gasteiger partial charge in [0.25, 0.3) is 10.1 Å². The van der Waals surface area contributed by atoms with Crippen LogP contribution in [0.25, 0.3) is 0 Å². The van der Waals surface area contributed by atoms with Crippen LogP contribution in [0.1, 0.15) is 6.42 Å². The molecule has 0 saturated heterocycles. The first-order chi connectivity index (χ1) is 5.25. The fourth-order valence-corrected chi connectivity index (χ4v) is 1.05. The van der Waals surface area contributed by atoms with Crippen LogP contribution in [-0.4, -0.2) is 30.2 Å². The molecule has 0 aromatic carbocycles. The molecule has 0 bridgehead atoms. The number of aliphatic carboxylic acids is 2. The zero-order chi connectivity index (χ0) is 9.94. The molecule has 0 aromatic heterocycles. The predicted molar refractivity (Wildman–Crippen MR) is 30.0 cm³/mol. The summed E-state index contributed by atoms with van der Waals surface area (Å²) < 4.78 is 28.5. The number of carbonyl (C=O) groups is 2. The Kier molecular flexibility index (Phi) is 10.8. The van der Waals surface area contributed by atoms with Crippen LogP contribution in [0.2, 0.25) is 0 Å². The van der Waals surface area contributed by atoms with E-state index in [1.165, 1.54) is 0 Å². The van der Waals surface area contributed by atoms with Crippen molar-refractivity contribution < 1.29 is 77.5 Å². The largest absolute Gasteiger partial charge is 1.00 e. The summed E-state index contributed by atoms with van der Waals surface area (Å²) in [6.45, 7) is 0. The van der Waals surface area contributed by atoms with Crippen molar-refractivity contribution in [3.05, 3.63) is 0 Å². The second kappa shape index (κ2) is 7.60. The van der Waals surface area contributed by atoms with E-state index >= 15 is 0 Å². The van der Waals surface area contributed by atoms with Crippen molar-refractivity contribution in [1.82, 2.24) is 0 Å². The van der Waals surface area contributed by atoms with E-state index in [0.29, 0.717) is 0 Å². The number of rotatable bonds is 4. The van der Waals surface area contributed by atoms with Crippen molar-refractivity contribution >= 4 is 22.1 Å². The van der Waals surface area contributed by atoms with E-state index in [1.54, 1.807) is 0 Å². The average Bonchev–Trinajstić information content (AvgIpc) is 1.79.